The molecular formula is C23H20N4O2. The molecule has 0 atom stereocenters. The van der Waals surface area contributed by atoms with Crippen LogP contribution in [0.25, 0.3) is 11.3 Å². The van der Waals surface area contributed by atoms with Crippen molar-refractivity contribution in [2.45, 2.75) is 6.61 Å². The number of aromatic nitrogens is 2. The zero-order chi connectivity index (χ0) is 20.1. The van der Waals surface area contributed by atoms with Crippen molar-refractivity contribution in [3.8, 4) is 17.0 Å². The lowest BCUT2D eigenvalue weighted by atomic mass is 10.1. The van der Waals surface area contributed by atoms with Crippen LogP contribution in [-0.2, 0) is 6.61 Å². The number of benzene rings is 3. The number of ether oxygens (including phenoxy) is 1. The molecule has 0 bridgehead atoms. The number of nitrogens with zero attached hydrogens (tertiary/aromatic N) is 1. The predicted molar refractivity (Wildman–Crippen MR) is 114 cm³/mol. The average molecular weight is 384 g/mol. The molecule has 144 valence electrons. The third-order valence-electron chi connectivity index (χ3n) is 4.43. The number of para-hydroxylation sites is 2. The number of carbonyl (C=O) groups excluding carboxylic acids is 1. The number of amides is 1. The summed E-state index contributed by atoms with van der Waals surface area (Å²) in [6.45, 7) is 0.313. The monoisotopic (exact) mass is 384 g/mol. The number of carbonyl (C=O) groups is 1. The number of H-pyrrole nitrogens is 1. The number of hydrogen-bond acceptors (Lipinski definition) is 4. The minimum atomic E-state index is -0.374. The molecule has 0 unspecified atom stereocenters. The van der Waals surface area contributed by atoms with Crippen LogP contribution in [0.2, 0.25) is 0 Å². The van der Waals surface area contributed by atoms with Crippen LogP contribution < -0.4 is 15.8 Å². The van der Waals surface area contributed by atoms with Gasteiger partial charge >= 0.3 is 0 Å². The zero-order valence-corrected chi connectivity index (χ0v) is 15.6. The maximum atomic E-state index is 12.9. The molecule has 3 aromatic carbocycles. The van der Waals surface area contributed by atoms with Crippen molar-refractivity contribution >= 4 is 17.3 Å². The molecule has 29 heavy (non-hydrogen) atoms. The number of nitrogen functional groups attached to an aromatic ring is 1. The summed E-state index contributed by atoms with van der Waals surface area (Å²) >= 11 is 0. The molecule has 0 spiro atoms. The highest BCUT2D eigenvalue weighted by Gasteiger charge is 2.22. The van der Waals surface area contributed by atoms with Crippen LogP contribution in [0.4, 0.5) is 11.4 Å². The molecule has 6 heteroatoms. The summed E-state index contributed by atoms with van der Waals surface area (Å²) in [5.74, 6) is 0.0210. The van der Waals surface area contributed by atoms with E-state index in [9.17, 15) is 4.79 Å². The molecule has 6 nitrogen and oxygen atoms in total. The molecule has 1 aromatic heterocycles. The number of nitrogens with two attached hydrogens (primary N) is 1. The number of rotatable bonds is 6. The second-order valence-corrected chi connectivity index (χ2v) is 6.46. The summed E-state index contributed by atoms with van der Waals surface area (Å²) in [6.07, 6.45) is 0. The first-order valence-electron chi connectivity index (χ1n) is 9.19. The molecule has 4 N–H and O–H groups in total. The Balaban J connectivity index is 1.66. The molecule has 0 aliphatic rings. The van der Waals surface area contributed by atoms with Gasteiger partial charge in [0.15, 0.2) is 11.4 Å². The second-order valence-electron chi connectivity index (χ2n) is 6.46. The molecule has 0 radical (unpaired) electrons. The van der Waals surface area contributed by atoms with Crippen LogP contribution in [-0.4, -0.2) is 16.1 Å². The standard InChI is InChI=1S/C23H20N4O2/c24-18-13-7-8-14-19(18)25-23(28)21-22(29-15-16-9-3-1-4-10-16)20(26-27-21)17-11-5-2-6-12-17/h1-14H,15,24H2,(H,25,28)(H,26,27). The number of hydrogen-bond donors (Lipinski definition) is 3. The van der Waals surface area contributed by atoms with Gasteiger partial charge in [-0.15, -0.1) is 0 Å². The van der Waals surface area contributed by atoms with Gasteiger partial charge in [0, 0.05) is 5.56 Å². The van der Waals surface area contributed by atoms with E-state index in [2.05, 4.69) is 15.5 Å². The lowest BCUT2D eigenvalue weighted by molar-refractivity contribution is 0.101. The first kappa shape index (κ1) is 18.3. The van der Waals surface area contributed by atoms with E-state index in [4.69, 9.17) is 10.5 Å². The SMILES string of the molecule is Nc1ccccc1NC(=O)c1[nH]nc(-c2ccccc2)c1OCc1ccccc1. The molecule has 4 aromatic rings. The minimum absolute atomic E-state index is 0.239. The van der Waals surface area contributed by atoms with Gasteiger partial charge in [0.1, 0.15) is 12.3 Å². The topological polar surface area (TPSA) is 93.0 Å². The van der Waals surface area contributed by atoms with Crippen molar-refractivity contribution in [2.24, 2.45) is 0 Å². The zero-order valence-electron chi connectivity index (χ0n) is 15.6. The summed E-state index contributed by atoms with van der Waals surface area (Å²) in [6, 6.07) is 26.4. The summed E-state index contributed by atoms with van der Waals surface area (Å²) < 4.78 is 6.05. The number of anilines is 2. The third kappa shape index (κ3) is 4.11. The highest BCUT2D eigenvalue weighted by molar-refractivity contribution is 6.07. The Morgan fingerprint density at radius 1 is 0.931 bits per heavy atom. The van der Waals surface area contributed by atoms with Crippen molar-refractivity contribution in [1.29, 1.82) is 0 Å². The van der Waals surface area contributed by atoms with E-state index < -0.39 is 0 Å². The first-order valence-corrected chi connectivity index (χ1v) is 9.19. The van der Waals surface area contributed by atoms with Crippen LogP contribution in [0.3, 0.4) is 0 Å². The van der Waals surface area contributed by atoms with E-state index in [0.29, 0.717) is 29.4 Å². The van der Waals surface area contributed by atoms with E-state index >= 15 is 0 Å². The predicted octanol–water partition coefficient (Wildman–Crippen LogP) is 4.49. The van der Waals surface area contributed by atoms with Gasteiger partial charge < -0.3 is 15.8 Å². The summed E-state index contributed by atoms with van der Waals surface area (Å²) in [4.78, 5) is 12.9. The molecule has 0 saturated heterocycles. The molecule has 1 amide bonds. The van der Waals surface area contributed by atoms with Gasteiger partial charge in [0.2, 0.25) is 0 Å². The first-order chi connectivity index (χ1) is 14.2. The Morgan fingerprint density at radius 3 is 2.31 bits per heavy atom. The Labute approximate surface area is 168 Å². The lowest BCUT2D eigenvalue weighted by Gasteiger charge is -2.11. The van der Waals surface area contributed by atoms with Crippen molar-refractivity contribution in [3.63, 3.8) is 0 Å². The Kier molecular flexibility index (Phi) is 5.25. The Bertz CT molecular complexity index is 1110. The lowest BCUT2D eigenvalue weighted by Crippen LogP contribution is -2.15. The highest BCUT2D eigenvalue weighted by atomic mass is 16.5. The van der Waals surface area contributed by atoms with E-state index in [1.165, 1.54) is 0 Å². The van der Waals surface area contributed by atoms with Gasteiger partial charge in [-0.05, 0) is 17.7 Å². The molecule has 0 aliphatic carbocycles. The van der Waals surface area contributed by atoms with Crippen LogP contribution in [0.15, 0.2) is 84.9 Å². The van der Waals surface area contributed by atoms with E-state index in [1.54, 1.807) is 18.2 Å². The van der Waals surface area contributed by atoms with Gasteiger partial charge in [-0.2, -0.15) is 5.10 Å². The fourth-order valence-electron chi connectivity index (χ4n) is 2.94. The maximum absolute atomic E-state index is 12.9. The van der Waals surface area contributed by atoms with Crippen molar-refractivity contribution in [2.75, 3.05) is 11.1 Å². The highest BCUT2D eigenvalue weighted by Crippen LogP contribution is 2.32. The van der Waals surface area contributed by atoms with E-state index in [-0.39, 0.29) is 11.6 Å². The normalized spacial score (nSPS) is 10.5. The third-order valence-corrected chi connectivity index (χ3v) is 4.43. The Hall–Kier alpha value is -4.06. The van der Waals surface area contributed by atoms with Gasteiger partial charge in [-0.1, -0.05) is 72.8 Å². The van der Waals surface area contributed by atoms with E-state index in [0.717, 1.165) is 11.1 Å². The van der Waals surface area contributed by atoms with Gasteiger partial charge in [-0.3, -0.25) is 9.89 Å². The van der Waals surface area contributed by atoms with Gasteiger partial charge in [0.25, 0.3) is 5.91 Å². The molecule has 0 aliphatic heterocycles. The molecule has 0 fully saturated rings. The fourth-order valence-corrected chi connectivity index (χ4v) is 2.94. The number of nitrogens with one attached hydrogen (secondary N) is 2. The minimum Gasteiger partial charge on any atom is -0.484 e. The smallest absolute Gasteiger partial charge is 0.277 e. The largest absolute Gasteiger partial charge is 0.484 e. The maximum Gasteiger partial charge on any atom is 0.277 e. The second kappa shape index (κ2) is 8.31. The molecule has 0 saturated carbocycles. The molecular weight excluding hydrogens is 364 g/mol. The quantitative estimate of drug-likeness (QED) is 0.427. The summed E-state index contributed by atoms with van der Waals surface area (Å²) in [5, 5.41) is 9.98. The van der Waals surface area contributed by atoms with Crippen LogP contribution in [0, 0.1) is 0 Å². The van der Waals surface area contributed by atoms with Gasteiger partial charge in [0.05, 0.1) is 11.4 Å². The van der Waals surface area contributed by atoms with Gasteiger partial charge in [-0.25, -0.2) is 0 Å². The van der Waals surface area contributed by atoms with E-state index in [1.807, 2.05) is 66.7 Å². The average Bonchev–Trinajstić information content (AvgIpc) is 3.19. The number of aromatic amines is 1. The Morgan fingerprint density at radius 2 is 1.59 bits per heavy atom. The summed E-state index contributed by atoms with van der Waals surface area (Å²) in [7, 11) is 0. The fraction of sp³-hybridized carbons (Fsp3) is 0.0435. The van der Waals surface area contributed by atoms with Crippen molar-refractivity contribution in [3.05, 3.63) is 96.2 Å². The molecule has 4 rings (SSSR count). The molecule has 1 heterocycles. The van der Waals surface area contributed by atoms with Crippen LogP contribution >= 0.6 is 0 Å². The van der Waals surface area contributed by atoms with Crippen molar-refractivity contribution in [1.82, 2.24) is 10.2 Å². The van der Waals surface area contributed by atoms with Crippen molar-refractivity contribution < 1.29 is 9.53 Å². The summed E-state index contributed by atoms with van der Waals surface area (Å²) in [5.41, 5.74) is 9.62. The van der Waals surface area contributed by atoms with Crippen LogP contribution in [0.1, 0.15) is 16.1 Å². The van der Waals surface area contributed by atoms with Crippen LogP contribution in [0.5, 0.6) is 5.75 Å².